The topological polar surface area (TPSA) is 68.0 Å². The summed E-state index contributed by atoms with van der Waals surface area (Å²) in [7, 11) is 0. The van der Waals surface area contributed by atoms with Gasteiger partial charge in [-0.05, 0) is 23.9 Å². The lowest BCUT2D eigenvalue weighted by Crippen LogP contribution is -2.21. The molecule has 108 valence electrons. The van der Waals surface area contributed by atoms with E-state index in [9.17, 15) is 0 Å². The van der Waals surface area contributed by atoms with Crippen LogP contribution in [0.3, 0.4) is 0 Å². The van der Waals surface area contributed by atoms with Gasteiger partial charge in [0.2, 0.25) is 5.16 Å². The van der Waals surface area contributed by atoms with Crippen LogP contribution in [0.1, 0.15) is 19.4 Å². The molecule has 0 spiro atoms. The van der Waals surface area contributed by atoms with Crippen LogP contribution in [-0.2, 0) is 6.54 Å². The average molecular weight is 300 g/mol. The molecule has 0 aromatic carbocycles. The van der Waals surface area contributed by atoms with Gasteiger partial charge in [0.05, 0.1) is 0 Å². The van der Waals surface area contributed by atoms with Gasteiger partial charge in [-0.2, -0.15) is 0 Å². The summed E-state index contributed by atoms with van der Waals surface area (Å²) in [6.45, 7) is 5.00. The van der Waals surface area contributed by atoms with Crippen LogP contribution in [0.15, 0.2) is 47.1 Å². The van der Waals surface area contributed by atoms with Gasteiger partial charge in [0.25, 0.3) is 0 Å². The molecule has 0 atom stereocenters. The van der Waals surface area contributed by atoms with Crippen molar-refractivity contribution in [2.45, 2.75) is 36.7 Å². The first kappa shape index (κ1) is 14.0. The van der Waals surface area contributed by atoms with Gasteiger partial charge < -0.3 is 5.32 Å². The van der Waals surface area contributed by atoms with Crippen LogP contribution in [0.2, 0.25) is 0 Å². The number of nitrogens with zero attached hydrogens (tertiary/aromatic N) is 5. The first-order valence-electron chi connectivity index (χ1n) is 6.74. The van der Waals surface area contributed by atoms with Gasteiger partial charge in [0.15, 0.2) is 10.8 Å². The molecule has 0 fully saturated rings. The van der Waals surface area contributed by atoms with Crippen LogP contribution < -0.4 is 5.32 Å². The fraction of sp³-hybridized carbons (Fsp3) is 0.286. The molecule has 0 aliphatic rings. The van der Waals surface area contributed by atoms with Gasteiger partial charge in [0, 0.05) is 36.7 Å². The van der Waals surface area contributed by atoms with Gasteiger partial charge >= 0.3 is 0 Å². The minimum Gasteiger partial charge on any atom is -0.310 e. The summed E-state index contributed by atoms with van der Waals surface area (Å²) in [6.07, 6.45) is 5.61. The van der Waals surface area contributed by atoms with Crippen LogP contribution in [-0.4, -0.2) is 30.6 Å². The first-order chi connectivity index (χ1) is 10.2. The van der Waals surface area contributed by atoms with Crippen LogP contribution in [0.4, 0.5) is 0 Å². The Balaban J connectivity index is 1.73. The maximum Gasteiger partial charge on any atom is 0.203 e. The van der Waals surface area contributed by atoms with Gasteiger partial charge in [-0.25, -0.2) is 9.97 Å². The number of fused-ring (bicyclic) bond motifs is 1. The lowest BCUT2D eigenvalue weighted by molar-refractivity contribution is 0.585. The van der Waals surface area contributed by atoms with Crippen molar-refractivity contribution in [1.82, 2.24) is 29.9 Å². The van der Waals surface area contributed by atoms with Crippen molar-refractivity contribution in [1.29, 1.82) is 0 Å². The van der Waals surface area contributed by atoms with Crippen LogP contribution in [0.5, 0.6) is 0 Å². The molecule has 0 saturated heterocycles. The Labute approximate surface area is 127 Å². The van der Waals surface area contributed by atoms with Crippen LogP contribution >= 0.6 is 11.8 Å². The predicted molar refractivity (Wildman–Crippen MR) is 81.1 cm³/mol. The van der Waals surface area contributed by atoms with Crippen molar-refractivity contribution in [2.24, 2.45) is 0 Å². The third-order valence-corrected chi connectivity index (χ3v) is 3.72. The summed E-state index contributed by atoms with van der Waals surface area (Å²) in [6, 6.07) is 6.24. The molecule has 0 saturated carbocycles. The van der Waals surface area contributed by atoms with E-state index < -0.39 is 0 Å². The predicted octanol–water partition coefficient (Wildman–Crippen LogP) is 2.17. The highest BCUT2D eigenvalue weighted by Gasteiger charge is 2.08. The molecule has 0 aliphatic heterocycles. The van der Waals surface area contributed by atoms with Crippen molar-refractivity contribution in [2.75, 3.05) is 0 Å². The van der Waals surface area contributed by atoms with E-state index in [0.717, 1.165) is 22.9 Å². The monoisotopic (exact) mass is 300 g/mol. The zero-order valence-electron chi connectivity index (χ0n) is 11.9. The minimum atomic E-state index is 0.446. The molecule has 21 heavy (non-hydrogen) atoms. The summed E-state index contributed by atoms with van der Waals surface area (Å²) in [5.41, 5.74) is 1.89. The lowest BCUT2D eigenvalue weighted by Gasteiger charge is -2.07. The fourth-order valence-corrected chi connectivity index (χ4v) is 2.49. The van der Waals surface area contributed by atoms with E-state index in [2.05, 4.69) is 39.3 Å². The molecule has 1 N–H and O–H groups in total. The Morgan fingerprint density at radius 1 is 1.19 bits per heavy atom. The highest BCUT2D eigenvalue weighted by Crippen LogP contribution is 2.22. The number of rotatable bonds is 5. The summed E-state index contributed by atoms with van der Waals surface area (Å²) in [5, 5.41) is 13.0. The molecule has 0 amide bonds. The molecule has 6 nitrogen and oxygen atoms in total. The summed E-state index contributed by atoms with van der Waals surface area (Å²) in [4.78, 5) is 8.74. The van der Waals surface area contributed by atoms with E-state index in [1.807, 2.05) is 41.2 Å². The Kier molecular flexibility index (Phi) is 4.12. The Morgan fingerprint density at radius 3 is 2.76 bits per heavy atom. The highest BCUT2D eigenvalue weighted by atomic mass is 32.2. The Morgan fingerprint density at radius 2 is 2.00 bits per heavy atom. The molecule has 3 aromatic heterocycles. The van der Waals surface area contributed by atoms with E-state index in [1.165, 1.54) is 11.8 Å². The quantitative estimate of drug-likeness (QED) is 0.728. The number of pyridine rings is 1. The van der Waals surface area contributed by atoms with E-state index in [4.69, 9.17) is 0 Å². The summed E-state index contributed by atoms with van der Waals surface area (Å²) < 4.78 is 1.92. The van der Waals surface area contributed by atoms with Crippen LogP contribution in [0.25, 0.3) is 5.65 Å². The summed E-state index contributed by atoms with van der Waals surface area (Å²) >= 11 is 1.40. The van der Waals surface area contributed by atoms with Crippen molar-refractivity contribution >= 4 is 17.4 Å². The van der Waals surface area contributed by atoms with Crippen LogP contribution in [0, 0.1) is 0 Å². The molecule has 3 heterocycles. The number of nitrogens with one attached hydrogen (secondary N) is 1. The summed E-state index contributed by atoms with van der Waals surface area (Å²) in [5.74, 6) is 0. The zero-order chi connectivity index (χ0) is 14.7. The SMILES string of the molecule is CC(C)NCc1cnc(Sc2nnc3ccccn23)nc1. The fourth-order valence-electron chi connectivity index (χ4n) is 1.78. The second-order valence-corrected chi connectivity index (χ2v) is 5.86. The normalized spacial score (nSPS) is 11.4. The van der Waals surface area contributed by atoms with Gasteiger partial charge in [-0.15, -0.1) is 10.2 Å². The van der Waals surface area contributed by atoms with Gasteiger partial charge in [-0.3, -0.25) is 4.40 Å². The molecular weight excluding hydrogens is 284 g/mol. The third-order valence-electron chi connectivity index (χ3n) is 2.86. The maximum absolute atomic E-state index is 4.37. The molecule has 0 radical (unpaired) electrons. The number of hydrogen-bond donors (Lipinski definition) is 1. The lowest BCUT2D eigenvalue weighted by atomic mass is 10.3. The van der Waals surface area contributed by atoms with Gasteiger partial charge in [0.1, 0.15) is 0 Å². The molecule has 3 rings (SSSR count). The molecule has 3 aromatic rings. The number of hydrogen-bond acceptors (Lipinski definition) is 6. The van der Waals surface area contributed by atoms with Gasteiger partial charge in [-0.1, -0.05) is 19.9 Å². The van der Waals surface area contributed by atoms with Crippen molar-refractivity contribution in [3.63, 3.8) is 0 Å². The van der Waals surface area contributed by atoms with Crippen molar-refractivity contribution in [3.8, 4) is 0 Å². The van der Waals surface area contributed by atoms with Crippen molar-refractivity contribution in [3.05, 3.63) is 42.4 Å². The maximum atomic E-state index is 4.37. The molecule has 0 unspecified atom stereocenters. The van der Waals surface area contributed by atoms with E-state index in [1.54, 1.807) is 0 Å². The van der Waals surface area contributed by atoms with E-state index >= 15 is 0 Å². The minimum absolute atomic E-state index is 0.446. The molecule has 0 aliphatic carbocycles. The van der Waals surface area contributed by atoms with E-state index in [-0.39, 0.29) is 0 Å². The first-order valence-corrected chi connectivity index (χ1v) is 7.56. The highest BCUT2D eigenvalue weighted by molar-refractivity contribution is 7.99. The standard InChI is InChI=1S/C14H16N6S/c1-10(2)15-7-11-8-16-13(17-9-11)21-14-19-18-12-5-3-4-6-20(12)14/h3-6,8-10,15H,7H2,1-2H3. The second-order valence-electron chi connectivity index (χ2n) is 4.92. The Hall–Kier alpha value is -1.99. The third kappa shape index (κ3) is 3.37. The molecule has 0 bridgehead atoms. The zero-order valence-corrected chi connectivity index (χ0v) is 12.7. The smallest absolute Gasteiger partial charge is 0.203 e. The van der Waals surface area contributed by atoms with Crippen molar-refractivity contribution < 1.29 is 0 Å². The number of aromatic nitrogens is 5. The molecule has 7 heteroatoms. The Bertz CT molecular complexity index is 722. The largest absolute Gasteiger partial charge is 0.310 e. The second kappa shape index (κ2) is 6.19. The van der Waals surface area contributed by atoms with E-state index in [0.29, 0.717) is 11.2 Å². The molecular formula is C14H16N6S. The average Bonchev–Trinajstić information content (AvgIpc) is 2.90.